The highest BCUT2D eigenvalue weighted by molar-refractivity contribution is 6.35. The molecule has 100 valence electrons. The van der Waals surface area contributed by atoms with Crippen LogP contribution in [-0.2, 0) is 14.3 Å². The Labute approximate surface area is 121 Å². The van der Waals surface area contributed by atoms with Crippen LogP contribution in [0.2, 0.25) is 10.0 Å². The summed E-state index contributed by atoms with van der Waals surface area (Å²) in [5.41, 5.74) is 0.381. The Hall–Kier alpha value is -1.54. The molecule has 0 N–H and O–H groups in total. The van der Waals surface area contributed by atoms with Crippen LogP contribution in [0.3, 0.4) is 0 Å². The molecule has 19 heavy (non-hydrogen) atoms. The monoisotopic (exact) mass is 299 g/mol. The van der Waals surface area contributed by atoms with Gasteiger partial charge in [0.1, 0.15) is 18.2 Å². The van der Waals surface area contributed by atoms with E-state index in [0.29, 0.717) is 15.6 Å². The van der Waals surface area contributed by atoms with Crippen molar-refractivity contribution in [3.05, 3.63) is 39.4 Å². The molecule has 0 aliphatic rings. The van der Waals surface area contributed by atoms with Gasteiger partial charge in [-0.05, 0) is 23.8 Å². The summed E-state index contributed by atoms with van der Waals surface area (Å²) >= 11 is 11.7. The third kappa shape index (κ3) is 4.92. The summed E-state index contributed by atoms with van der Waals surface area (Å²) in [7, 11) is 1.49. The molecule has 0 aliphatic heterocycles. The number of nitrogens with zero attached hydrogens (tertiary/aromatic N) is 1. The molecule has 0 aromatic heterocycles. The Kier molecular flexibility index (Phi) is 6.37. The largest absolute Gasteiger partial charge is 0.459 e. The van der Waals surface area contributed by atoms with Crippen molar-refractivity contribution in [2.24, 2.45) is 0 Å². The van der Waals surface area contributed by atoms with Crippen LogP contribution >= 0.6 is 23.2 Å². The lowest BCUT2D eigenvalue weighted by Crippen LogP contribution is -2.11. The highest BCUT2D eigenvalue weighted by Crippen LogP contribution is 2.23. The summed E-state index contributed by atoms with van der Waals surface area (Å²) in [6.07, 6.45) is 1.35. The van der Waals surface area contributed by atoms with E-state index in [1.54, 1.807) is 18.2 Å². The van der Waals surface area contributed by atoms with Crippen LogP contribution in [0, 0.1) is 11.3 Å². The van der Waals surface area contributed by atoms with E-state index in [0.717, 1.165) is 0 Å². The molecule has 1 aromatic carbocycles. The van der Waals surface area contributed by atoms with Crippen molar-refractivity contribution in [1.29, 1.82) is 5.26 Å². The van der Waals surface area contributed by atoms with E-state index in [1.165, 1.54) is 19.3 Å². The molecule has 0 saturated carbocycles. The van der Waals surface area contributed by atoms with Gasteiger partial charge in [0.2, 0.25) is 0 Å². The van der Waals surface area contributed by atoms with Gasteiger partial charge in [-0.2, -0.15) is 5.26 Å². The number of carbonyl (C=O) groups is 1. The lowest BCUT2D eigenvalue weighted by atomic mass is 10.1. The van der Waals surface area contributed by atoms with Crippen LogP contribution in [0.1, 0.15) is 5.56 Å². The van der Waals surface area contributed by atoms with E-state index in [1.807, 2.05) is 0 Å². The van der Waals surface area contributed by atoms with Gasteiger partial charge in [0.25, 0.3) is 0 Å². The van der Waals surface area contributed by atoms with Crippen molar-refractivity contribution in [3.63, 3.8) is 0 Å². The number of hydrogen-bond acceptors (Lipinski definition) is 4. The molecule has 1 rings (SSSR count). The molecule has 0 fully saturated rings. The van der Waals surface area contributed by atoms with Crippen molar-refractivity contribution < 1.29 is 14.3 Å². The fraction of sp³-hybridized carbons (Fsp3) is 0.231. The summed E-state index contributed by atoms with van der Waals surface area (Å²) in [4.78, 5) is 11.6. The van der Waals surface area contributed by atoms with Crippen LogP contribution in [0.25, 0.3) is 6.08 Å². The van der Waals surface area contributed by atoms with Crippen LogP contribution in [0.5, 0.6) is 0 Å². The average molecular weight is 300 g/mol. The predicted molar refractivity (Wildman–Crippen MR) is 72.9 cm³/mol. The smallest absolute Gasteiger partial charge is 0.348 e. The number of methoxy groups -OCH3 is 1. The Morgan fingerprint density at radius 1 is 1.42 bits per heavy atom. The number of ether oxygens (including phenoxy) is 2. The predicted octanol–water partition coefficient (Wildman–Crippen LogP) is 3.09. The zero-order chi connectivity index (χ0) is 14.3. The minimum absolute atomic E-state index is 0.0860. The van der Waals surface area contributed by atoms with Crippen molar-refractivity contribution in [1.82, 2.24) is 0 Å². The molecule has 0 bridgehead atoms. The second-order valence-electron chi connectivity index (χ2n) is 3.46. The Morgan fingerprint density at radius 2 is 2.16 bits per heavy atom. The minimum Gasteiger partial charge on any atom is -0.459 e. The zero-order valence-corrected chi connectivity index (χ0v) is 11.7. The van der Waals surface area contributed by atoms with Gasteiger partial charge in [-0.15, -0.1) is 0 Å². The van der Waals surface area contributed by atoms with Gasteiger partial charge in [-0.3, -0.25) is 0 Å². The van der Waals surface area contributed by atoms with E-state index >= 15 is 0 Å². The van der Waals surface area contributed by atoms with Gasteiger partial charge < -0.3 is 9.47 Å². The fourth-order valence-corrected chi connectivity index (χ4v) is 1.67. The molecule has 1 aromatic rings. The summed E-state index contributed by atoms with van der Waals surface area (Å²) in [6, 6.07) is 6.53. The SMILES string of the molecule is COCCOC(=O)C(C#N)=Cc1ccc(Cl)cc1Cl. The quantitative estimate of drug-likeness (QED) is 0.363. The summed E-state index contributed by atoms with van der Waals surface area (Å²) < 4.78 is 9.59. The van der Waals surface area contributed by atoms with Gasteiger partial charge in [0, 0.05) is 17.2 Å². The lowest BCUT2D eigenvalue weighted by Gasteiger charge is -2.03. The van der Waals surface area contributed by atoms with Crippen molar-refractivity contribution in [3.8, 4) is 6.07 Å². The fourth-order valence-electron chi connectivity index (χ4n) is 1.21. The highest BCUT2D eigenvalue weighted by atomic mass is 35.5. The molecule has 0 amide bonds. The van der Waals surface area contributed by atoms with E-state index < -0.39 is 5.97 Å². The average Bonchev–Trinajstić information content (AvgIpc) is 2.38. The normalized spacial score (nSPS) is 10.9. The Bertz CT molecular complexity index is 535. The molecule has 0 spiro atoms. The van der Waals surface area contributed by atoms with Crippen molar-refractivity contribution in [2.45, 2.75) is 0 Å². The molecule has 0 unspecified atom stereocenters. The van der Waals surface area contributed by atoms with E-state index in [2.05, 4.69) is 0 Å². The summed E-state index contributed by atoms with van der Waals surface area (Å²) in [5.74, 6) is -0.717. The van der Waals surface area contributed by atoms with Crippen LogP contribution in [0.15, 0.2) is 23.8 Å². The third-order valence-corrected chi connectivity index (χ3v) is 2.69. The van der Waals surface area contributed by atoms with Gasteiger partial charge in [-0.25, -0.2) is 4.79 Å². The maximum atomic E-state index is 11.6. The topological polar surface area (TPSA) is 59.3 Å². The van der Waals surface area contributed by atoms with Crippen LogP contribution < -0.4 is 0 Å². The Balaban J connectivity index is 2.87. The first-order valence-corrected chi connectivity index (χ1v) is 6.07. The molecule has 0 atom stereocenters. The maximum absolute atomic E-state index is 11.6. The maximum Gasteiger partial charge on any atom is 0.348 e. The number of benzene rings is 1. The molecule has 0 saturated heterocycles. The highest BCUT2D eigenvalue weighted by Gasteiger charge is 2.11. The summed E-state index contributed by atoms with van der Waals surface area (Å²) in [5, 5.41) is 9.77. The third-order valence-electron chi connectivity index (χ3n) is 2.12. The number of rotatable bonds is 5. The molecule has 6 heteroatoms. The summed E-state index contributed by atoms with van der Waals surface area (Å²) in [6.45, 7) is 0.356. The number of esters is 1. The van der Waals surface area contributed by atoms with Crippen molar-refractivity contribution in [2.75, 3.05) is 20.3 Å². The van der Waals surface area contributed by atoms with E-state index in [4.69, 9.17) is 37.9 Å². The number of hydrogen-bond donors (Lipinski definition) is 0. The first kappa shape index (κ1) is 15.5. The molecule has 0 radical (unpaired) electrons. The second kappa shape index (κ2) is 7.80. The zero-order valence-electron chi connectivity index (χ0n) is 10.2. The molecule has 0 heterocycles. The number of carbonyl (C=O) groups excluding carboxylic acids is 1. The molecule has 0 aliphatic carbocycles. The number of halogens is 2. The standard InChI is InChI=1S/C13H11Cl2NO3/c1-18-4-5-19-13(17)10(8-16)6-9-2-3-11(14)7-12(9)15/h2-3,6-7H,4-5H2,1H3. The van der Waals surface area contributed by atoms with E-state index in [9.17, 15) is 4.79 Å². The van der Waals surface area contributed by atoms with Gasteiger partial charge in [0.05, 0.1) is 6.61 Å². The lowest BCUT2D eigenvalue weighted by molar-refractivity contribution is -0.139. The number of nitriles is 1. The molecular formula is C13H11Cl2NO3. The van der Waals surface area contributed by atoms with E-state index in [-0.39, 0.29) is 18.8 Å². The van der Waals surface area contributed by atoms with Gasteiger partial charge in [0.15, 0.2) is 0 Å². The van der Waals surface area contributed by atoms with Crippen molar-refractivity contribution >= 4 is 35.2 Å². The van der Waals surface area contributed by atoms with Gasteiger partial charge >= 0.3 is 5.97 Å². The van der Waals surface area contributed by atoms with Crippen LogP contribution in [0.4, 0.5) is 0 Å². The molecule has 4 nitrogen and oxygen atoms in total. The van der Waals surface area contributed by atoms with Gasteiger partial charge in [-0.1, -0.05) is 29.3 Å². The minimum atomic E-state index is -0.717. The Morgan fingerprint density at radius 3 is 2.74 bits per heavy atom. The second-order valence-corrected chi connectivity index (χ2v) is 4.31. The van der Waals surface area contributed by atoms with Crippen LogP contribution in [-0.4, -0.2) is 26.3 Å². The first-order chi connectivity index (χ1) is 9.08. The molecular weight excluding hydrogens is 289 g/mol. The first-order valence-electron chi connectivity index (χ1n) is 5.31.